The summed E-state index contributed by atoms with van der Waals surface area (Å²) in [6.45, 7) is 1.33. The number of aromatic nitrogens is 3. The molecule has 0 aliphatic carbocycles. The lowest BCUT2D eigenvalue weighted by atomic mass is 9.86. The molecule has 188 valence electrons. The summed E-state index contributed by atoms with van der Waals surface area (Å²) in [6.07, 6.45) is -0.463. The van der Waals surface area contributed by atoms with Gasteiger partial charge in [-0.1, -0.05) is 0 Å². The van der Waals surface area contributed by atoms with Crippen LogP contribution in [0.4, 0.5) is 22.0 Å². The predicted molar refractivity (Wildman–Crippen MR) is 110 cm³/mol. The van der Waals surface area contributed by atoms with E-state index < -0.39 is 35.9 Å². The van der Waals surface area contributed by atoms with Gasteiger partial charge < -0.3 is 19.7 Å². The molecular weight excluding hydrogens is 465 g/mol. The van der Waals surface area contributed by atoms with Crippen molar-refractivity contribution in [3.63, 3.8) is 0 Å². The summed E-state index contributed by atoms with van der Waals surface area (Å²) in [6, 6.07) is 1.98. The van der Waals surface area contributed by atoms with E-state index in [0.717, 1.165) is 6.07 Å². The van der Waals surface area contributed by atoms with Crippen molar-refractivity contribution in [2.75, 3.05) is 26.7 Å². The van der Waals surface area contributed by atoms with E-state index >= 15 is 0 Å². The van der Waals surface area contributed by atoms with E-state index in [1.807, 2.05) is 11.9 Å². The molecule has 0 unspecified atom stereocenters. The highest BCUT2D eigenvalue weighted by molar-refractivity contribution is 5.82. The molecular formula is C21H26F5N5O3. The molecule has 3 rings (SSSR count). The number of rotatable bonds is 8. The van der Waals surface area contributed by atoms with Crippen molar-refractivity contribution in [2.24, 2.45) is 5.41 Å². The minimum atomic E-state index is -4.92. The SMILES string of the molecule is CN1CC[C@H](NC(=O)C(C)(C)COc2ncccc2OC(F)(F)F)[C@@H](c2cnn(C(F)F)c2)C1. The molecule has 13 heteroatoms. The number of nitrogens with one attached hydrogen (secondary N) is 1. The Morgan fingerprint density at radius 1 is 1.32 bits per heavy atom. The Hall–Kier alpha value is -2.96. The number of halogens is 5. The van der Waals surface area contributed by atoms with Gasteiger partial charge in [0.15, 0.2) is 5.75 Å². The molecule has 2 aromatic heterocycles. The van der Waals surface area contributed by atoms with Gasteiger partial charge in [0.25, 0.3) is 5.88 Å². The van der Waals surface area contributed by atoms with E-state index in [9.17, 15) is 26.7 Å². The Labute approximate surface area is 193 Å². The fourth-order valence-corrected chi connectivity index (χ4v) is 3.64. The monoisotopic (exact) mass is 491 g/mol. The first-order chi connectivity index (χ1) is 15.9. The number of likely N-dealkylation sites (tertiary alicyclic amines) is 1. The molecule has 8 nitrogen and oxygen atoms in total. The van der Waals surface area contributed by atoms with E-state index in [1.54, 1.807) is 13.8 Å². The van der Waals surface area contributed by atoms with Crippen molar-refractivity contribution >= 4 is 5.91 Å². The van der Waals surface area contributed by atoms with Gasteiger partial charge in [0.05, 0.1) is 11.6 Å². The summed E-state index contributed by atoms with van der Waals surface area (Å²) in [4.78, 5) is 18.9. The number of hydrogen-bond acceptors (Lipinski definition) is 6. The van der Waals surface area contributed by atoms with Crippen LogP contribution in [0.5, 0.6) is 11.6 Å². The van der Waals surface area contributed by atoms with Crippen molar-refractivity contribution < 1.29 is 36.2 Å². The molecule has 0 radical (unpaired) electrons. The van der Waals surface area contributed by atoms with Crippen LogP contribution in [0.3, 0.4) is 0 Å². The Bertz CT molecular complexity index is 982. The zero-order valence-electron chi connectivity index (χ0n) is 18.9. The van der Waals surface area contributed by atoms with Gasteiger partial charge in [0.1, 0.15) is 6.61 Å². The molecule has 1 fully saturated rings. The molecule has 3 heterocycles. The van der Waals surface area contributed by atoms with Crippen molar-refractivity contribution in [1.82, 2.24) is 25.0 Å². The summed E-state index contributed by atoms with van der Waals surface area (Å²) in [5, 5.41) is 6.65. The minimum Gasteiger partial charge on any atom is -0.474 e. The molecule has 2 atom stereocenters. The van der Waals surface area contributed by atoms with Crippen LogP contribution in [0.2, 0.25) is 0 Å². The van der Waals surface area contributed by atoms with E-state index in [2.05, 4.69) is 20.1 Å². The van der Waals surface area contributed by atoms with Crippen LogP contribution >= 0.6 is 0 Å². The molecule has 0 spiro atoms. The highest BCUT2D eigenvalue weighted by Gasteiger charge is 2.37. The van der Waals surface area contributed by atoms with Gasteiger partial charge in [-0.05, 0) is 51.6 Å². The number of ether oxygens (including phenoxy) is 2. The van der Waals surface area contributed by atoms with Crippen molar-refractivity contribution in [3.05, 3.63) is 36.3 Å². The zero-order valence-corrected chi connectivity index (χ0v) is 18.9. The van der Waals surface area contributed by atoms with E-state index in [0.29, 0.717) is 29.8 Å². The number of amides is 1. The first-order valence-electron chi connectivity index (χ1n) is 10.5. The van der Waals surface area contributed by atoms with E-state index in [-0.39, 0.29) is 18.6 Å². The number of carbonyl (C=O) groups is 1. The van der Waals surface area contributed by atoms with Gasteiger partial charge in [-0.25, -0.2) is 9.67 Å². The van der Waals surface area contributed by atoms with Crippen LogP contribution in [0.1, 0.15) is 38.3 Å². The lowest BCUT2D eigenvalue weighted by Crippen LogP contribution is -2.52. The first-order valence-corrected chi connectivity index (χ1v) is 10.5. The van der Waals surface area contributed by atoms with Gasteiger partial charge in [-0.3, -0.25) is 4.79 Å². The second-order valence-electron chi connectivity index (χ2n) is 8.80. The van der Waals surface area contributed by atoms with Crippen LogP contribution < -0.4 is 14.8 Å². The highest BCUT2D eigenvalue weighted by atomic mass is 19.4. The summed E-state index contributed by atoms with van der Waals surface area (Å²) in [5.74, 6) is -1.67. The number of likely N-dealkylation sites (N-methyl/N-ethyl adjacent to an activating group) is 1. The van der Waals surface area contributed by atoms with Crippen LogP contribution in [-0.4, -0.2) is 64.7 Å². The summed E-state index contributed by atoms with van der Waals surface area (Å²) in [7, 11) is 1.90. The quantitative estimate of drug-likeness (QED) is 0.569. The third-order valence-corrected chi connectivity index (χ3v) is 5.53. The van der Waals surface area contributed by atoms with Crippen molar-refractivity contribution in [2.45, 2.75) is 45.1 Å². The fourth-order valence-electron chi connectivity index (χ4n) is 3.64. The van der Waals surface area contributed by atoms with Gasteiger partial charge in [-0.2, -0.15) is 13.9 Å². The number of nitrogens with zero attached hydrogens (tertiary/aromatic N) is 4. The second kappa shape index (κ2) is 10.1. The summed E-state index contributed by atoms with van der Waals surface area (Å²) >= 11 is 0. The van der Waals surface area contributed by atoms with E-state index in [1.165, 1.54) is 24.7 Å². The van der Waals surface area contributed by atoms with Gasteiger partial charge in [-0.15, -0.1) is 13.2 Å². The fraction of sp³-hybridized carbons (Fsp3) is 0.571. The lowest BCUT2D eigenvalue weighted by Gasteiger charge is -2.38. The smallest absolute Gasteiger partial charge is 0.474 e. The van der Waals surface area contributed by atoms with Crippen LogP contribution in [0.25, 0.3) is 0 Å². The third kappa shape index (κ3) is 6.55. The molecule has 2 aromatic rings. The maximum absolute atomic E-state index is 13.1. The van der Waals surface area contributed by atoms with Crippen LogP contribution in [0.15, 0.2) is 30.7 Å². The Kier molecular flexibility index (Phi) is 7.64. The summed E-state index contributed by atoms with van der Waals surface area (Å²) < 4.78 is 73.7. The Balaban J connectivity index is 1.68. The lowest BCUT2D eigenvalue weighted by molar-refractivity contribution is -0.275. The number of alkyl halides is 5. The van der Waals surface area contributed by atoms with Crippen LogP contribution in [0, 0.1) is 5.41 Å². The average Bonchev–Trinajstić information content (AvgIpc) is 3.24. The maximum Gasteiger partial charge on any atom is 0.573 e. The van der Waals surface area contributed by atoms with Gasteiger partial charge in [0, 0.05) is 30.9 Å². The Morgan fingerprint density at radius 3 is 2.71 bits per heavy atom. The predicted octanol–water partition coefficient (Wildman–Crippen LogP) is 3.58. The zero-order chi connectivity index (χ0) is 25.1. The molecule has 0 saturated carbocycles. The largest absolute Gasteiger partial charge is 0.573 e. The number of hydrogen-bond donors (Lipinski definition) is 1. The van der Waals surface area contributed by atoms with E-state index in [4.69, 9.17) is 4.74 Å². The third-order valence-electron chi connectivity index (χ3n) is 5.53. The summed E-state index contributed by atoms with van der Waals surface area (Å²) in [5.41, 5.74) is -0.567. The number of carbonyl (C=O) groups excluding carboxylic acids is 1. The number of piperidine rings is 1. The second-order valence-corrected chi connectivity index (χ2v) is 8.80. The van der Waals surface area contributed by atoms with Gasteiger partial charge in [0.2, 0.25) is 5.91 Å². The van der Waals surface area contributed by atoms with Crippen LogP contribution in [-0.2, 0) is 4.79 Å². The maximum atomic E-state index is 13.1. The van der Waals surface area contributed by atoms with Crippen molar-refractivity contribution in [3.8, 4) is 11.6 Å². The first kappa shape index (κ1) is 25.7. The normalized spacial score (nSPS) is 19.8. The van der Waals surface area contributed by atoms with Gasteiger partial charge >= 0.3 is 12.9 Å². The average molecular weight is 491 g/mol. The topological polar surface area (TPSA) is 81.5 Å². The molecule has 1 N–H and O–H groups in total. The molecule has 1 aliphatic rings. The molecule has 34 heavy (non-hydrogen) atoms. The molecule has 1 aliphatic heterocycles. The number of pyridine rings is 1. The molecule has 1 amide bonds. The molecule has 1 saturated heterocycles. The molecule has 0 bridgehead atoms. The standard InChI is InChI=1S/C21H26F5N5O3/c1-20(2,12-33-17-16(5-4-7-27-17)34-21(24,25)26)18(32)29-15-6-8-30(3)11-14(15)13-9-28-31(10-13)19(22)23/h4-5,7,9-10,14-15,19H,6,8,11-12H2,1-3H3,(H,29,32)/t14-,15+/m1/s1. The molecule has 0 aromatic carbocycles. The van der Waals surface area contributed by atoms with Crippen molar-refractivity contribution in [1.29, 1.82) is 0 Å². The minimum absolute atomic E-state index is 0.269. The Morgan fingerprint density at radius 2 is 2.06 bits per heavy atom. The highest BCUT2D eigenvalue weighted by Crippen LogP contribution is 2.32.